The summed E-state index contributed by atoms with van der Waals surface area (Å²) in [6, 6.07) is 2.88. The highest BCUT2D eigenvalue weighted by molar-refractivity contribution is 5.94. The van der Waals surface area contributed by atoms with Crippen molar-refractivity contribution in [2.75, 3.05) is 0 Å². The van der Waals surface area contributed by atoms with Crippen molar-refractivity contribution in [2.45, 2.75) is 37.4 Å². The monoisotopic (exact) mass is 433 g/mol. The minimum atomic E-state index is -1.70. The van der Waals surface area contributed by atoms with Crippen LogP contribution in [0.4, 0.5) is 0 Å². The number of rotatable bonds is 11. The van der Waals surface area contributed by atoms with Crippen molar-refractivity contribution >= 4 is 40.6 Å². The van der Waals surface area contributed by atoms with Gasteiger partial charge >= 0.3 is 11.9 Å². The third-order valence-corrected chi connectivity index (χ3v) is 4.48. The topological polar surface area (TPSA) is 218 Å². The summed E-state index contributed by atoms with van der Waals surface area (Å²) < 4.78 is 0. The molecule has 31 heavy (non-hydrogen) atoms. The Morgan fingerprint density at radius 2 is 1.61 bits per heavy atom. The van der Waals surface area contributed by atoms with E-state index in [4.69, 9.17) is 16.6 Å². The number of benzene rings is 1. The molecule has 1 heterocycles. The fourth-order valence-corrected chi connectivity index (χ4v) is 2.96. The molecule has 0 bridgehead atoms. The van der Waals surface area contributed by atoms with E-state index in [2.05, 4.69) is 15.6 Å². The number of carbonyl (C=O) groups excluding carboxylic acids is 3. The summed E-state index contributed by atoms with van der Waals surface area (Å²) in [5, 5.41) is 23.3. The van der Waals surface area contributed by atoms with Gasteiger partial charge in [-0.1, -0.05) is 18.2 Å². The fourth-order valence-electron chi connectivity index (χ4n) is 2.96. The first-order chi connectivity index (χ1) is 14.6. The van der Waals surface area contributed by atoms with Gasteiger partial charge in [-0.25, -0.2) is 4.79 Å². The van der Waals surface area contributed by atoms with E-state index in [0.29, 0.717) is 5.56 Å². The molecule has 0 saturated heterocycles. The number of H-pyrrole nitrogens is 1. The van der Waals surface area contributed by atoms with E-state index >= 15 is 0 Å². The molecule has 1 aromatic carbocycles. The van der Waals surface area contributed by atoms with Gasteiger partial charge in [0.25, 0.3) is 0 Å². The quantitative estimate of drug-likeness (QED) is 0.219. The summed E-state index contributed by atoms with van der Waals surface area (Å²) in [5.41, 5.74) is 12.1. The lowest BCUT2D eigenvalue weighted by atomic mass is 10.0. The van der Waals surface area contributed by atoms with Crippen LogP contribution >= 0.6 is 0 Å². The number of hydrogen-bond donors (Lipinski definition) is 7. The summed E-state index contributed by atoms with van der Waals surface area (Å²) in [4.78, 5) is 61.3. The first-order valence-electron chi connectivity index (χ1n) is 9.22. The van der Waals surface area contributed by atoms with E-state index in [9.17, 15) is 29.1 Å². The third-order valence-electron chi connectivity index (χ3n) is 4.48. The number of fused-ring (bicyclic) bond motifs is 1. The maximum absolute atomic E-state index is 12.8. The summed E-state index contributed by atoms with van der Waals surface area (Å²) in [5.74, 6) is -5.54. The molecule has 0 aliphatic carbocycles. The Balaban J connectivity index is 2.26. The van der Waals surface area contributed by atoms with Crippen LogP contribution < -0.4 is 22.1 Å². The molecule has 166 valence electrons. The molecule has 0 aliphatic heterocycles. The minimum absolute atomic E-state index is 0.0513. The number of carboxylic acids is 2. The van der Waals surface area contributed by atoms with E-state index in [0.717, 1.165) is 10.9 Å². The molecule has 12 nitrogen and oxygen atoms in total. The van der Waals surface area contributed by atoms with Crippen LogP contribution in [0, 0.1) is 0 Å². The Labute approximate surface area is 176 Å². The van der Waals surface area contributed by atoms with Gasteiger partial charge in [0, 0.05) is 23.5 Å². The Bertz CT molecular complexity index is 1000. The van der Waals surface area contributed by atoms with Crippen molar-refractivity contribution in [2.24, 2.45) is 11.5 Å². The number of aromatic nitrogens is 1. The minimum Gasteiger partial charge on any atom is -0.481 e. The maximum Gasteiger partial charge on any atom is 0.326 e. The van der Waals surface area contributed by atoms with Gasteiger partial charge in [0.1, 0.15) is 12.1 Å². The number of carbonyl (C=O) groups is 5. The Morgan fingerprint density at radius 3 is 2.23 bits per heavy atom. The molecule has 0 spiro atoms. The molecule has 9 N–H and O–H groups in total. The van der Waals surface area contributed by atoms with Crippen LogP contribution in [0.1, 0.15) is 18.4 Å². The third kappa shape index (κ3) is 6.54. The highest BCUT2D eigenvalue weighted by atomic mass is 16.4. The van der Waals surface area contributed by atoms with E-state index in [1.165, 1.54) is 0 Å². The molecule has 0 radical (unpaired) electrons. The largest absolute Gasteiger partial charge is 0.481 e. The number of hydrogen-bond acceptors (Lipinski definition) is 6. The molecule has 0 aliphatic rings. The van der Waals surface area contributed by atoms with Crippen LogP contribution in [0.15, 0.2) is 30.5 Å². The zero-order valence-corrected chi connectivity index (χ0v) is 16.3. The molecule has 12 heteroatoms. The van der Waals surface area contributed by atoms with Gasteiger partial charge in [0.05, 0.1) is 18.9 Å². The lowest BCUT2D eigenvalue weighted by Gasteiger charge is -2.22. The SMILES string of the molecule is NC(=O)CC(N)C(=O)NC(Cc1c[nH]c2ccccc12)C(=O)NC(CC(=O)O)C(=O)O. The summed E-state index contributed by atoms with van der Waals surface area (Å²) in [6.07, 6.45) is 0.274. The first kappa shape index (κ1) is 23.3. The normalized spacial score (nSPS) is 13.7. The number of carboxylic acid groups (broad SMARTS) is 2. The maximum atomic E-state index is 12.8. The second-order valence-corrected chi connectivity index (χ2v) is 6.90. The van der Waals surface area contributed by atoms with Gasteiger partial charge in [-0.3, -0.25) is 19.2 Å². The molecule has 2 rings (SSSR count). The Kier molecular flexibility index (Phi) is 7.69. The van der Waals surface area contributed by atoms with Crippen LogP contribution in [-0.4, -0.2) is 63.0 Å². The van der Waals surface area contributed by atoms with Crippen LogP contribution in [0.5, 0.6) is 0 Å². The zero-order chi connectivity index (χ0) is 23.1. The lowest BCUT2D eigenvalue weighted by Crippen LogP contribution is -2.55. The van der Waals surface area contributed by atoms with Gasteiger partial charge in [0.2, 0.25) is 17.7 Å². The van der Waals surface area contributed by atoms with Crippen molar-refractivity contribution in [1.82, 2.24) is 15.6 Å². The molecule has 2 aromatic rings. The Hall–Kier alpha value is -3.93. The number of aromatic amines is 1. The van der Waals surface area contributed by atoms with Crippen molar-refractivity contribution in [1.29, 1.82) is 0 Å². The van der Waals surface area contributed by atoms with E-state index in [-0.39, 0.29) is 6.42 Å². The Morgan fingerprint density at radius 1 is 0.968 bits per heavy atom. The van der Waals surface area contributed by atoms with Gasteiger partial charge in [-0.05, 0) is 11.6 Å². The average Bonchev–Trinajstić information content (AvgIpc) is 3.08. The van der Waals surface area contributed by atoms with Crippen molar-refractivity contribution in [3.8, 4) is 0 Å². The molecule has 3 unspecified atom stereocenters. The van der Waals surface area contributed by atoms with E-state index in [1.54, 1.807) is 24.4 Å². The fraction of sp³-hybridized carbons (Fsp3) is 0.316. The van der Waals surface area contributed by atoms with Gasteiger partial charge in [0.15, 0.2) is 0 Å². The van der Waals surface area contributed by atoms with Crippen molar-refractivity contribution < 1.29 is 34.2 Å². The summed E-state index contributed by atoms with van der Waals surface area (Å²) in [7, 11) is 0. The predicted molar refractivity (Wildman–Crippen MR) is 108 cm³/mol. The molecular weight excluding hydrogens is 410 g/mol. The number of primary amides is 1. The number of amides is 3. The van der Waals surface area contributed by atoms with Gasteiger partial charge in [-0.2, -0.15) is 0 Å². The second kappa shape index (κ2) is 10.2. The number of aliphatic carboxylic acids is 2. The number of nitrogens with two attached hydrogens (primary N) is 2. The van der Waals surface area contributed by atoms with Crippen LogP contribution in [-0.2, 0) is 30.4 Å². The molecule has 1 aromatic heterocycles. The molecular formula is C19H23N5O7. The molecule has 0 saturated carbocycles. The van der Waals surface area contributed by atoms with Gasteiger partial charge in [-0.15, -0.1) is 0 Å². The molecule has 0 fully saturated rings. The van der Waals surface area contributed by atoms with Gasteiger partial charge < -0.3 is 37.3 Å². The van der Waals surface area contributed by atoms with Crippen molar-refractivity contribution in [3.63, 3.8) is 0 Å². The average molecular weight is 433 g/mol. The standard InChI is InChI=1S/C19H23N5O7/c20-11(6-15(21)25)17(28)23-13(18(29)24-14(19(30)31)7-16(26)27)5-9-8-22-12-4-2-1-3-10(9)12/h1-4,8,11,13-14,22H,5-7,20H2,(H2,21,25)(H,23,28)(H,24,29)(H,26,27)(H,30,31). The first-order valence-corrected chi connectivity index (χ1v) is 9.22. The van der Waals surface area contributed by atoms with Crippen LogP contribution in [0.25, 0.3) is 10.9 Å². The predicted octanol–water partition coefficient (Wildman–Crippen LogP) is -1.56. The second-order valence-electron chi connectivity index (χ2n) is 6.90. The number of nitrogens with one attached hydrogen (secondary N) is 3. The van der Waals surface area contributed by atoms with E-state index in [1.807, 2.05) is 6.07 Å². The van der Waals surface area contributed by atoms with Crippen LogP contribution in [0.3, 0.4) is 0 Å². The lowest BCUT2D eigenvalue weighted by molar-refractivity contribution is -0.147. The zero-order valence-electron chi connectivity index (χ0n) is 16.3. The molecule has 3 atom stereocenters. The van der Waals surface area contributed by atoms with Crippen LogP contribution in [0.2, 0.25) is 0 Å². The highest BCUT2D eigenvalue weighted by Crippen LogP contribution is 2.19. The van der Waals surface area contributed by atoms with E-state index < -0.39 is 60.6 Å². The summed E-state index contributed by atoms with van der Waals surface area (Å²) in [6.45, 7) is 0. The van der Waals surface area contributed by atoms with Crippen molar-refractivity contribution in [3.05, 3.63) is 36.0 Å². The molecule has 3 amide bonds. The highest BCUT2D eigenvalue weighted by Gasteiger charge is 2.30. The smallest absolute Gasteiger partial charge is 0.326 e. The summed E-state index contributed by atoms with van der Waals surface area (Å²) >= 11 is 0. The number of para-hydroxylation sites is 1.